The molecule has 1 atom stereocenters. The van der Waals surface area contributed by atoms with Crippen molar-refractivity contribution in [3.8, 4) is 0 Å². The molecule has 6 nitrogen and oxygen atoms in total. The lowest BCUT2D eigenvalue weighted by Crippen LogP contribution is -2.65. The molecule has 2 amide bonds. The summed E-state index contributed by atoms with van der Waals surface area (Å²) in [6.07, 6.45) is 6.64. The van der Waals surface area contributed by atoms with Crippen molar-refractivity contribution in [1.82, 2.24) is 15.1 Å². The van der Waals surface area contributed by atoms with Gasteiger partial charge in [0.2, 0.25) is 5.91 Å². The molecule has 1 aliphatic carbocycles. The number of aryl methyl sites for hydroxylation is 1. The van der Waals surface area contributed by atoms with Crippen molar-refractivity contribution in [2.24, 2.45) is 0 Å². The van der Waals surface area contributed by atoms with Gasteiger partial charge >= 0.3 is 0 Å². The van der Waals surface area contributed by atoms with Gasteiger partial charge in [0.25, 0.3) is 5.91 Å². The summed E-state index contributed by atoms with van der Waals surface area (Å²) in [5.41, 5.74) is 1.80. The molecule has 0 radical (unpaired) electrons. The summed E-state index contributed by atoms with van der Waals surface area (Å²) in [6, 6.07) is 7.47. The lowest BCUT2D eigenvalue weighted by molar-refractivity contribution is -0.127. The lowest BCUT2D eigenvalue weighted by atomic mass is 9.92. The number of nitrogens with zero attached hydrogens (tertiary/aromatic N) is 3. The Morgan fingerprint density at radius 3 is 2.53 bits per heavy atom. The summed E-state index contributed by atoms with van der Waals surface area (Å²) < 4.78 is 1.71. The van der Waals surface area contributed by atoms with Gasteiger partial charge in [-0.1, -0.05) is 57.2 Å². The van der Waals surface area contributed by atoms with Crippen LogP contribution in [-0.2, 0) is 11.3 Å². The maximum absolute atomic E-state index is 13.8. The average Bonchev–Trinajstić information content (AvgIpc) is 3.00. The van der Waals surface area contributed by atoms with Crippen LogP contribution in [0.15, 0.2) is 24.3 Å². The normalized spacial score (nSPS) is 22.1. The maximum atomic E-state index is 13.8. The van der Waals surface area contributed by atoms with Gasteiger partial charge in [-0.05, 0) is 56.4 Å². The van der Waals surface area contributed by atoms with Crippen LogP contribution in [0.3, 0.4) is 0 Å². The topological polar surface area (TPSA) is 67.2 Å². The van der Waals surface area contributed by atoms with E-state index in [-0.39, 0.29) is 23.8 Å². The fourth-order valence-corrected chi connectivity index (χ4v) is 5.02. The number of fused-ring (bicyclic) bond motifs is 1. The zero-order chi connectivity index (χ0) is 23.0. The van der Waals surface area contributed by atoms with Gasteiger partial charge < -0.3 is 5.32 Å². The average molecular weight is 457 g/mol. The van der Waals surface area contributed by atoms with Gasteiger partial charge in [0.05, 0.1) is 12.2 Å². The third kappa shape index (κ3) is 4.17. The molecule has 1 N–H and O–H groups in total. The molecule has 7 heteroatoms. The molecule has 0 bridgehead atoms. The number of nitrogens with one attached hydrogen (secondary N) is 1. The number of halogens is 1. The highest BCUT2D eigenvalue weighted by Gasteiger charge is 2.49. The highest BCUT2D eigenvalue weighted by atomic mass is 35.5. The van der Waals surface area contributed by atoms with E-state index in [4.69, 9.17) is 11.6 Å². The van der Waals surface area contributed by atoms with E-state index in [1.807, 2.05) is 26.0 Å². The van der Waals surface area contributed by atoms with E-state index in [9.17, 15) is 9.59 Å². The quantitative estimate of drug-likeness (QED) is 0.641. The summed E-state index contributed by atoms with van der Waals surface area (Å²) >= 11 is 6.32. The van der Waals surface area contributed by atoms with Crippen molar-refractivity contribution < 1.29 is 9.59 Å². The van der Waals surface area contributed by atoms with Crippen molar-refractivity contribution >= 4 is 29.1 Å². The van der Waals surface area contributed by atoms with Crippen LogP contribution in [0.25, 0.3) is 0 Å². The third-order valence-electron chi connectivity index (χ3n) is 6.86. The van der Waals surface area contributed by atoms with Gasteiger partial charge in [0.15, 0.2) is 0 Å². The summed E-state index contributed by atoms with van der Waals surface area (Å²) in [5.74, 6) is -0.169. The second kappa shape index (κ2) is 8.89. The van der Waals surface area contributed by atoms with Gasteiger partial charge in [-0.2, -0.15) is 5.10 Å². The number of benzene rings is 1. The van der Waals surface area contributed by atoms with Gasteiger partial charge in [0, 0.05) is 16.8 Å². The van der Waals surface area contributed by atoms with Crippen LogP contribution in [0, 0.1) is 6.92 Å². The monoisotopic (exact) mass is 456 g/mol. The molecule has 172 valence electrons. The fourth-order valence-electron chi connectivity index (χ4n) is 4.85. The molecular weight excluding hydrogens is 424 g/mol. The molecule has 1 aliphatic heterocycles. The first-order chi connectivity index (χ1) is 15.2. The number of anilines is 1. The van der Waals surface area contributed by atoms with Crippen molar-refractivity contribution in [1.29, 1.82) is 0 Å². The van der Waals surface area contributed by atoms with Crippen LogP contribution >= 0.6 is 11.6 Å². The van der Waals surface area contributed by atoms with E-state index in [2.05, 4.69) is 24.3 Å². The first-order valence-corrected chi connectivity index (χ1v) is 12.1. The summed E-state index contributed by atoms with van der Waals surface area (Å²) in [4.78, 5) is 29.3. The second-order valence-electron chi connectivity index (χ2n) is 9.77. The largest absolute Gasteiger partial charge is 0.351 e. The Hall–Kier alpha value is -2.34. The van der Waals surface area contributed by atoms with Crippen LogP contribution in [0.5, 0.6) is 0 Å². The lowest BCUT2D eigenvalue weighted by Gasteiger charge is -2.44. The van der Waals surface area contributed by atoms with Crippen LogP contribution < -0.4 is 10.2 Å². The molecule has 1 fully saturated rings. The summed E-state index contributed by atoms with van der Waals surface area (Å²) in [7, 11) is 0. The van der Waals surface area contributed by atoms with E-state index >= 15 is 0 Å². The van der Waals surface area contributed by atoms with Crippen molar-refractivity contribution in [2.75, 3.05) is 4.90 Å². The Labute approximate surface area is 195 Å². The molecule has 0 saturated heterocycles. The number of amides is 2. The third-order valence-corrected chi connectivity index (χ3v) is 7.09. The minimum Gasteiger partial charge on any atom is -0.351 e. The first kappa shape index (κ1) is 22.8. The molecular formula is C25H33ClN4O2. The first-order valence-electron chi connectivity index (χ1n) is 11.7. The van der Waals surface area contributed by atoms with Crippen LogP contribution in [0.2, 0.25) is 5.02 Å². The number of carbonyl (C=O) groups excluding carboxylic acids is 2. The van der Waals surface area contributed by atoms with Gasteiger partial charge in [0.1, 0.15) is 11.2 Å². The smallest absolute Gasteiger partial charge is 0.277 e. The van der Waals surface area contributed by atoms with E-state index < -0.39 is 5.54 Å². The highest BCUT2D eigenvalue weighted by Crippen LogP contribution is 2.36. The van der Waals surface area contributed by atoms with Gasteiger partial charge in [-0.15, -0.1) is 0 Å². The van der Waals surface area contributed by atoms with Crippen molar-refractivity contribution in [3.63, 3.8) is 0 Å². The number of carbonyl (C=O) groups is 2. The van der Waals surface area contributed by atoms with Crippen molar-refractivity contribution in [3.05, 3.63) is 46.2 Å². The molecule has 32 heavy (non-hydrogen) atoms. The van der Waals surface area contributed by atoms with Crippen LogP contribution in [0.1, 0.15) is 87.0 Å². The zero-order valence-electron chi connectivity index (χ0n) is 19.4. The highest BCUT2D eigenvalue weighted by molar-refractivity contribution is 6.31. The standard InChI is InChI=1S/C25H33ClN4O2/c1-16(2)20-14-22-23(31)30(21-13-18(26)12-11-17(21)3)25(4,15-29(22)28-20)24(32)27-19-9-7-5-6-8-10-19/h11-14,16,19H,5-10,15H2,1-4H3,(H,27,32)/t25-/m0/s1. The number of hydrogen-bond donors (Lipinski definition) is 1. The molecule has 2 aliphatic rings. The van der Waals surface area contributed by atoms with E-state index in [0.29, 0.717) is 22.9 Å². The molecule has 2 heterocycles. The van der Waals surface area contributed by atoms with E-state index in [1.54, 1.807) is 21.7 Å². The number of aromatic nitrogens is 2. The Kier molecular flexibility index (Phi) is 6.35. The fraction of sp³-hybridized carbons (Fsp3) is 0.560. The molecule has 1 aromatic carbocycles. The van der Waals surface area contributed by atoms with Crippen LogP contribution in [-0.4, -0.2) is 33.2 Å². The Balaban J connectivity index is 1.77. The summed E-state index contributed by atoms with van der Waals surface area (Å²) in [5, 5.41) is 8.48. The van der Waals surface area contributed by atoms with Crippen LogP contribution in [0.4, 0.5) is 5.69 Å². The van der Waals surface area contributed by atoms with Gasteiger partial charge in [-0.25, -0.2) is 0 Å². The second-order valence-corrected chi connectivity index (χ2v) is 10.2. The number of hydrogen-bond acceptors (Lipinski definition) is 3. The maximum Gasteiger partial charge on any atom is 0.277 e. The zero-order valence-corrected chi connectivity index (χ0v) is 20.2. The Morgan fingerprint density at radius 1 is 1.19 bits per heavy atom. The van der Waals surface area contributed by atoms with E-state index in [0.717, 1.165) is 36.9 Å². The Morgan fingerprint density at radius 2 is 1.88 bits per heavy atom. The molecule has 2 aromatic rings. The van der Waals surface area contributed by atoms with Gasteiger partial charge in [-0.3, -0.25) is 19.2 Å². The molecule has 4 rings (SSSR count). The molecule has 0 spiro atoms. The molecule has 1 aromatic heterocycles. The minimum absolute atomic E-state index is 0.135. The Bertz CT molecular complexity index is 1020. The minimum atomic E-state index is -1.12. The molecule has 1 saturated carbocycles. The summed E-state index contributed by atoms with van der Waals surface area (Å²) in [6.45, 7) is 8.18. The number of rotatable bonds is 4. The van der Waals surface area contributed by atoms with Crippen molar-refractivity contribution in [2.45, 2.75) is 90.3 Å². The predicted octanol–water partition coefficient (Wildman–Crippen LogP) is 5.23. The predicted molar refractivity (Wildman–Crippen MR) is 127 cm³/mol. The molecule has 0 unspecified atom stereocenters. The SMILES string of the molecule is Cc1ccc(Cl)cc1N1C(=O)c2cc(C(C)C)nn2C[C@@]1(C)C(=O)NC1CCCCCC1. The van der Waals surface area contributed by atoms with E-state index in [1.165, 1.54) is 12.8 Å².